The van der Waals surface area contributed by atoms with E-state index in [9.17, 15) is 5.11 Å². The molecule has 2 unspecified atom stereocenters. The average molecular weight is 197 g/mol. The van der Waals surface area contributed by atoms with Gasteiger partial charge in [0.15, 0.2) is 0 Å². The predicted molar refractivity (Wildman–Crippen MR) is 58.2 cm³/mol. The molecule has 0 radical (unpaired) electrons. The Labute approximate surface area is 87.3 Å². The molecule has 1 heterocycles. The highest BCUT2D eigenvalue weighted by atomic mass is 16.3. The van der Waals surface area contributed by atoms with Gasteiger partial charge in [0, 0.05) is 12.6 Å². The minimum atomic E-state index is -0.0301. The van der Waals surface area contributed by atoms with Crippen molar-refractivity contribution in [1.82, 2.24) is 4.90 Å². The van der Waals surface area contributed by atoms with Gasteiger partial charge in [-0.05, 0) is 44.1 Å². The van der Waals surface area contributed by atoms with E-state index in [4.69, 9.17) is 0 Å². The van der Waals surface area contributed by atoms with Crippen molar-refractivity contribution in [2.45, 2.75) is 58.1 Å². The molecule has 1 saturated heterocycles. The van der Waals surface area contributed by atoms with Crippen molar-refractivity contribution < 1.29 is 5.11 Å². The first-order valence-corrected chi connectivity index (χ1v) is 5.99. The molecule has 0 aromatic rings. The minimum Gasteiger partial charge on any atom is -0.393 e. The molecule has 2 nitrogen and oxygen atoms in total. The van der Waals surface area contributed by atoms with E-state index in [1.807, 2.05) is 0 Å². The summed E-state index contributed by atoms with van der Waals surface area (Å²) in [4.78, 5) is 2.60. The van der Waals surface area contributed by atoms with Crippen LogP contribution in [0.4, 0.5) is 0 Å². The molecule has 0 aromatic heterocycles. The molecule has 2 rings (SSSR count). The van der Waals surface area contributed by atoms with E-state index in [0.717, 1.165) is 12.8 Å². The molecule has 0 spiro atoms. The molecule has 0 amide bonds. The molecular weight excluding hydrogens is 174 g/mol. The molecule has 14 heavy (non-hydrogen) atoms. The number of nitrogens with zero attached hydrogens (tertiary/aromatic N) is 1. The van der Waals surface area contributed by atoms with Crippen LogP contribution in [0.1, 0.15) is 46.0 Å². The fraction of sp³-hybridized carbons (Fsp3) is 1.00. The molecule has 2 aliphatic rings. The topological polar surface area (TPSA) is 23.5 Å². The average Bonchev–Trinajstić information content (AvgIpc) is 2.46. The van der Waals surface area contributed by atoms with Gasteiger partial charge in [0.25, 0.3) is 0 Å². The quantitative estimate of drug-likeness (QED) is 0.695. The van der Waals surface area contributed by atoms with E-state index in [0.29, 0.717) is 11.5 Å². The Morgan fingerprint density at radius 1 is 1.29 bits per heavy atom. The van der Waals surface area contributed by atoms with Gasteiger partial charge in [-0.3, -0.25) is 4.90 Å². The number of likely N-dealkylation sites (tertiary alicyclic amines) is 1. The van der Waals surface area contributed by atoms with Gasteiger partial charge in [0.1, 0.15) is 0 Å². The van der Waals surface area contributed by atoms with Gasteiger partial charge in [0.2, 0.25) is 0 Å². The van der Waals surface area contributed by atoms with Crippen molar-refractivity contribution in [2.75, 3.05) is 13.1 Å². The summed E-state index contributed by atoms with van der Waals surface area (Å²) in [7, 11) is 0. The highest BCUT2D eigenvalue weighted by Crippen LogP contribution is 2.33. The van der Waals surface area contributed by atoms with Crippen LogP contribution in [0.3, 0.4) is 0 Å². The van der Waals surface area contributed by atoms with Crippen LogP contribution in [0.15, 0.2) is 0 Å². The molecule has 0 bridgehead atoms. The highest BCUT2D eigenvalue weighted by Gasteiger charge is 2.34. The number of aliphatic hydroxyl groups is 1. The lowest BCUT2D eigenvalue weighted by molar-refractivity contribution is 0.0682. The number of rotatable bonds is 1. The van der Waals surface area contributed by atoms with Crippen molar-refractivity contribution in [3.05, 3.63) is 0 Å². The molecule has 2 heteroatoms. The van der Waals surface area contributed by atoms with Crippen molar-refractivity contribution in [3.63, 3.8) is 0 Å². The van der Waals surface area contributed by atoms with E-state index in [1.165, 1.54) is 32.4 Å². The zero-order valence-corrected chi connectivity index (χ0v) is 9.50. The largest absolute Gasteiger partial charge is 0.393 e. The maximum absolute atomic E-state index is 9.64. The van der Waals surface area contributed by atoms with Crippen LogP contribution in [0, 0.1) is 5.41 Å². The van der Waals surface area contributed by atoms with Crippen LogP contribution in [0.2, 0.25) is 0 Å². The molecule has 1 saturated carbocycles. The maximum atomic E-state index is 9.64. The van der Waals surface area contributed by atoms with Gasteiger partial charge in [-0.15, -0.1) is 0 Å². The Hall–Kier alpha value is -0.0800. The summed E-state index contributed by atoms with van der Waals surface area (Å²) in [6.45, 7) is 7.17. The Kier molecular flexibility index (Phi) is 2.85. The van der Waals surface area contributed by atoms with E-state index >= 15 is 0 Å². The predicted octanol–water partition coefficient (Wildman–Crippen LogP) is 2.02. The molecule has 0 aromatic carbocycles. The summed E-state index contributed by atoms with van der Waals surface area (Å²) in [5.74, 6) is 0. The molecule has 2 atom stereocenters. The molecule has 82 valence electrons. The Balaban J connectivity index is 1.89. The van der Waals surface area contributed by atoms with Crippen LogP contribution in [-0.2, 0) is 0 Å². The summed E-state index contributed by atoms with van der Waals surface area (Å²) >= 11 is 0. The summed E-state index contributed by atoms with van der Waals surface area (Å²) < 4.78 is 0. The first-order chi connectivity index (χ1) is 6.57. The van der Waals surface area contributed by atoms with Gasteiger partial charge in [-0.1, -0.05) is 13.8 Å². The standard InChI is InChI=1S/C12H23NO/c1-12(2)6-7-13(9-12)10-4-3-5-11(14)8-10/h10-11,14H,3-9H2,1-2H3. The number of hydrogen-bond acceptors (Lipinski definition) is 2. The summed E-state index contributed by atoms with van der Waals surface area (Å²) in [6, 6.07) is 0.667. The zero-order chi connectivity index (χ0) is 10.2. The maximum Gasteiger partial charge on any atom is 0.0555 e. The lowest BCUT2D eigenvalue weighted by Crippen LogP contribution is -2.39. The third-order valence-electron chi connectivity index (χ3n) is 3.84. The second kappa shape index (κ2) is 3.82. The zero-order valence-electron chi connectivity index (χ0n) is 9.50. The monoisotopic (exact) mass is 197 g/mol. The fourth-order valence-electron chi connectivity index (χ4n) is 2.94. The number of hydrogen-bond donors (Lipinski definition) is 1. The molecular formula is C12H23NO. The lowest BCUT2D eigenvalue weighted by Gasteiger charge is -2.34. The van der Waals surface area contributed by atoms with Crippen molar-refractivity contribution >= 4 is 0 Å². The van der Waals surface area contributed by atoms with E-state index in [1.54, 1.807) is 0 Å². The molecule has 1 N–H and O–H groups in total. The fourth-order valence-corrected chi connectivity index (χ4v) is 2.94. The van der Waals surface area contributed by atoms with Gasteiger partial charge < -0.3 is 5.11 Å². The third kappa shape index (κ3) is 2.29. The summed E-state index contributed by atoms with van der Waals surface area (Å²) in [5, 5.41) is 9.64. The van der Waals surface area contributed by atoms with Gasteiger partial charge in [-0.25, -0.2) is 0 Å². The van der Waals surface area contributed by atoms with Crippen molar-refractivity contribution in [3.8, 4) is 0 Å². The molecule has 1 aliphatic carbocycles. The lowest BCUT2D eigenvalue weighted by atomic mass is 9.91. The second-order valence-electron chi connectivity index (χ2n) is 5.86. The van der Waals surface area contributed by atoms with Gasteiger partial charge >= 0.3 is 0 Å². The van der Waals surface area contributed by atoms with Crippen molar-refractivity contribution in [1.29, 1.82) is 0 Å². The SMILES string of the molecule is CC1(C)CCN(C2CCCC(O)C2)C1. The first kappa shape index (κ1) is 10.4. The third-order valence-corrected chi connectivity index (χ3v) is 3.84. The van der Waals surface area contributed by atoms with E-state index < -0.39 is 0 Å². The van der Waals surface area contributed by atoms with Crippen molar-refractivity contribution in [2.24, 2.45) is 5.41 Å². The van der Waals surface area contributed by atoms with Crippen LogP contribution in [0.5, 0.6) is 0 Å². The Morgan fingerprint density at radius 2 is 2.07 bits per heavy atom. The van der Waals surface area contributed by atoms with Crippen LogP contribution >= 0.6 is 0 Å². The summed E-state index contributed by atoms with van der Waals surface area (Å²) in [5.41, 5.74) is 0.502. The highest BCUT2D eigenvalue weighted by molar-refractivity contribution is 4.89. The smallest absolute Gasteiger partial charge is 0.0555 e. The molecule has 1 aliphatic heterocycles. The number of aliphatic hydroxyl groups excluding tert-OH is 1. The second-order valence-corrected chi connectivity index (χ2v) is 5.86. The Morgan fingerprint density at radius 3 is 2.64 bits per heavy atom. The van der Waals surface area contributed by atoms with Crippen LogP contribution in [-0.4, -0.2) is 35.2 Å². The van der Waals surface area contributed by atoms with E-state index in [-0.39, 0.29) is 6.10 Å². The Bertz CT molecular complexity index is 202. The summed E-state index contributed by atoms with van der Waals surface area (Å²) in [6.07, 6.45) is 5.83. The van der Waals surface area contributed by atoms with E-state index in [2.05, 4.69) is 18.7 Å². The van der Waals surface area contributed by atoms with Crippen LogP contribution < -0.4 is 0 Å². The minimum absolute atomic E-state index is 0.0301. The molecule has 2 fully saturated rings. The van der Waals surface area contributed by atoms with Crippen LogP contribution in [0.25, 0.3) is 0 Å². The van der Waals surface area contributed by atoms with Gasteiger partial charge in [-0.2, -0.15) is 0 Å². The normalized spacial score (nSPS) is 38.8. The van der Waals surface area contributed by atoms with Gasteiger partial charge in [0.05, 0.1) is 6.10 Å². The first-order valence-electron chi connectivity index (χ1n) is 5.99.